The Hall–Kier alpha value is -4.50. The van der Waals surface area contributed by atoms with Gasteiger partial charge in [0.1, 0.15) is 5.82 Å². The summed E-state index contributed by atoms with van der Waals surface area (Å²) in [5, 5.41) is 1.22. The zero-order chi connectivity index (χ0) is 21.8. The van der Waals surface area contributed by atoms with Crippen molar-refractivity contribution in [3.8, 4) is 50.6 Å². The molecule has 0 spiro atoms. The Bertz CT molecular complexity index is 1660. The summed E-state index contributed by atoms with van der Waals surface area (Å²) >= 11 is 0. The molecule has 0 atom stereocenters. The Balaban J connectivity index is 1.54. The highest BCUT2D eigenvalue weighted by Crippen LogP contribution is 2.47. The van der Waals surface area contributed by atoms with E-state index in [1.54, 1.807) is 0 Å². The Kier molecular flexibility index (Phi) is 3.84. The van der Waals surface area contributed by atoms with Crippen LogP contribution in [-0.2, 0) is 0 Å². The number of hydrogen-bond donors (Lipinski definition) is 0. The van der Waals surface area contributed by atoms with Gasteiger partial charge in [0.25, 0.3) is 0 Å². The molecule has 1 aliphatic carbocycles. The summed E-state index contributed by atoms with van der Waals surface area (Å²) in [4.78, 5) is 9.87. The normalized spacial score (nSPS) is 11.6. The molecule has 0 aliphatic heterocycles. The van der Waals surface area contributed by atoms with Gasteiger partial charge in [0.15, 0.2) is 0 Å². The van der Waals surface area contributed by atoms with Gasteiger partial charge in [0, 0.05) is 34.5 Å². The minimum atomic E-state index is 0.899. The van der Waals surface area contributed by atoms with E-state index in [9.17, 15) is 0 Å². The monoisotopic (exact) mass is 421 g/mol. The molecule has 6 aromatic rings. The van der Waals surface area contributed by atoms with E-state index in [2.05, 4.69) is 89.6 Å². The van der Waals surface area contributed by atoms with Crippen LogP contribution in [0.15, 0.2) is 116 Å². The van der Waals surface area contributed by atoms with Crippen molar-refractivity contribution < 1.29 is 0 Å². The molecular weight excluding hydrogens is 402 g/mol. The van der Waals surface area contributed by atoms with Crippen LogP contribution in [-0.4, -0.2) is 14.5 Å². The summed E-state index contributed by atoms with van der Waals surface area (Å²) < 4.78 is 2.20. The minimum absolute atomic E-state index is 0.899. The van der Waals surface area contributed by atoms with Crippen LogP contribution in [0.4, 0.5) is 0 Å². The molecule has 3 aromatic heterocycles. The molecule has 0 bridgehead atoms. The second kappa shape index (κ2) is 7.01. The van der Waals surface area contributed by atoms with Crippen molar-refractivity contribution in [2.45, 2.75) is 0 Å². The van der Waals surface area contributed by atoms with Crippen molar-refractivity contribution in [3.05, 3.63) is 116 Å². The van der Waals surface area contributed by atoms with Gasteiger partial charge < -0.3 is 4.57 Å². The van der Waals surface area contributed by atoms with Gasteiger partial charge in [-0.05, 0) is 41.0 Å². The maximum absolute atomic E-state index is 5.03. The molecule has 0 radical (unpaired) electrons. The summed E-state index contributed by atoms with van der Waals surface area (Å²) in [5.74, 6) is 0.899. The summed E-state index contributed by atoms with van der Waals surface area (Å²) in [6, 6.07) is 35.9. The highest BCUT2D eigenvalue weighted by atomic mass is 15.1. The lowest BCUT2D eigenvalue weighted by atomic mass is 9.95. The topological polar surface area (TPSA) is 30.7 Å². The fourth-order valence-corrected chi connectivity index (χ4v) is 5.00. The molecule has 3 aromatic carbocycles. The van der Waals surface area contributed by atoms with Gasteiger partial charge in [-0.3, -0.25) is 4.98 Å². The SMILES string of the molecule is c1ccc(-c2cccc(-n3cc4c5c(cccc53)-c3ccccc3-c3cccnc3-4)n2)cc1. The van der Waals surface area contributed by atoms with E-state index >= 15 is 0 Å². The molecular formula is C30H19N3. The van der Waals surface area contributed by atoms with E-state index in [4.69, 9.17) is 9.97 Å². The van der Waals surface area contributed by atoms with Crippen LogP contribution in [0.5, 0.6) is 0 Å². The number of pyridine rings is 2. The minimum Gasteiger partial charge on any atom is -0.300 e. The molecule has 0 saturated heterocycles. The van der Waals surface area contributed by atoms with Crippen LogP contribution in [0.2, 0.25) is 0 Å². The first kappa shape index (κ1) is 18.1. The average molecular weight is 422 g/mol. The van der Waals surface area contributed by atoms with Crippen LogP contribution in [0, 0.1) is 0 Å². The fraction of sp³-hybridized carbons (Fsp3) is 0. The lowest BCUT2D eigenvalue weighted by Crippen LogP contribution is -1.97. The molecule has 3 heterocycles. The Morgan fingerprint density at radius 1 is 0.545 bits per heavy atom. The molecule has 0 N–H and O–H groups in total. The van der Waals surface area contributed by atoms with Crippen LogP contribution in [0.1, 0.15) is 0 Å². The van der Waals surface area contributed by atoms with Crippen LogP contribution < -0.4 is 0 Å². The largest absolute Gasteiger partial charge is 0.300 e. The molecule has 1 aliphatic rings. The first-order chi connectivity index (χ1) is 16.4. The molecule has 7 rings (SSSR count). The lowest BCUT2D eigenvalue weighted by molar-refractivity contribution is 1.05. The molecule has 154 valence electrons. The standard InChI is InChI=1S/C30H19N3/c1-2-9-20(10-3-1)26-15-7-17-28(32-26)33-19-25-29-23(13-6-16-27(29)33)21-11-4-5-12-22(21)24-14-8-18-31-30(24)25/h1-19H. The van der Waals surface area contributed by atoms with Gasteiger partial charge in [-0.1, -0.05) is 78.9 Å². The van der Waals surface area contributed by atoms with Crippen molar-refractivity contribution in [2.75, 3.05) is 0 Å². The third kappa shape index (κ3) is 2.69. The van der Waals surface area contributed by atoms with Crippen LogP contribution in [0.25, 0.3) is 61.5 Å². The number of nitrogens with zero attached hydrogens (tertiary/aromatic N) is 3. The molecule has 33 heavy (non-hydrogen) atoms. The number of rotatable bonds is 2. The fourth-order valence-electron chi connectivity index (χ4n) is 5.00. The summed E-state index contributed by atoms with van der Waals surface area (Å²) in [7, 11) is 0. The predicted octanol–water partition coefficient (Wildman–Crippen LogP) is 7.40. The Morgan fingerprint density at radius 3 is 2.15 bits per heavy atom. The summed E-state index contributed by atoms with van der Waals surface area (Å²) in [5.41, 5.74) is 10.2. The zero-order valence-corrected chi connectivity index (χ0v) is 17.8. The zero-order valence-electron chi connectivity index (χ0n) is 17.8. The number of aromatic nitrogens is 3. The number of fused-ring (bicyclic) bond motifs is 5. The van der Waals surface area contributed by atoms with E-state index in [-0.39, 0.29) is 0 Å². The molecule has 0 saturated carbocycles. The highest BCUT2D eigenvalue weighted by molar-refractivity contribution is 6.12. The van der Waals surface area contributed by atoms with Gasteiger partial charge in [-0.25, -0.2) is 4.98 Å². The highest BCUT2D eigenvalue weighted by Gasteiger charge is 2.24. The van der Waals surface area contributed by atoms with Crippen LogP contribution in [0.3, 0.4) is 0 Å². The smallest absolute Gasteiger partial charge is 0.137 e. The van der Waals surface area contributed by atoms with E-state index < -0.39 is 0 Å². The van der Waals surface area contributed by atoms with Gasteiger partial charge in [0.05, 0.1) is 16.9 Å². The first-order valence-corrected chi connectivity index (χ1v) is 11.1. The third-order valence-electron chi connectivity index (χ3n) is 6.45. The Labute approximate surface area is 191 Å². The Morgan fingerprint density at radius 2 is 1.27 bits per heavy atom. The van der Waals surface area contributed by atoms with Crippen molar-refractivity contribution in [1.82, 2.24) is 14.5 Å². The lowest BCUT2D eigenvalue weighted by Gasteiger charge is -2.11. The molecule has 0 fully saturated rings. The molecule has 0 amide bonds. The third-order valence-corrected chi connectivity index (χ3v) is 6.45. The second-order valence-electron chi connectivity index (χ2n) is 8.30. The van der Waals surface area contributed by atoms with E-state index in [0.717, 1.165) is 39.4 Å². The summed E-state index contributed by atoms with van der Waals surface area (Å²) in [6.45, 7) is 0. The predicted molar refractivity (Wildman–Crippen MR) is 134 cm³/mol. The van der Waals surface area contributed by atoms with Crippen molar-refractivity contribution in [3.63, 3.8) is 0 Å². The quantitative estimate of drug-likeness (QED) is 0.291. The average Bonchev–Trinajstić information content (AvgIpc) is 3.24. The molecule has 3 nitrogen and oxygen atoms in total. The van der Waals surface area contributed by atoms with Gasteiger partial charge in [-0.15, -0.1) is 0 Å². The summed E-state index contributed by atoms with van der Waals surface area (Å²) in [6.07, 6.45) is 4.08. The maximum Gasteiger partial charge on any atom is 0.137 e. The van der Waals surface area contributed by atoms with Crippen molar-refractivity contribution in [2.24, 2.45) is 0 Å². The first-order valence-electron chi connectivity index (χ1n) is 11.1. The second-order valence-corrected chi connectivity index (χ2v) is 8.30. The molecule has 0 unspecified atom stereocenters. The maximum atomic E-state index is 5.03. The molecule has 3 heteroatoms. The number of benzene rings is 3. The number of hydrogen-bond acceptors (Lipinski definition) is 2. The van der Waals surface area contributed by atoms with Gasteiger partial charge >= 0.3 is 0 Å². The van der Waals surface area contributed by atoms with E-state index in [1.807, 2.05) is 30.5 Å². The van der Waals surface area contributed by atoms with Gasteiger partial charge in [0.2, 0.25) is 0 Å². The van der Waals surface area contributed by atoms with Crippen molar-refractivity contribution >= 4 is 10.9 Å². The van der Waals surface area contributed by atoms with Crippen molar-refractivity contribution in [1.29, 1.82) is 0 Å². The van der Waals surface area contributed by atoms with E-state index in [0.29, 0.717) is 0 Å². The van der Waals surface area contributed by atoms with E-state index in [1.165, 1.54) is 22.1 Å². The van der Waals surface area contributed by atoms with Gasteiger partial charge in [-0.2, -0.15) is 0 Å². The van der Waals surface area contributed by atoms with Crippen LogP contribution >= 0.6 is 0 Å².